The molecule has 1 unspecified atom stereocenters. The second-order valence-electron chi connectivity index (χ2n) is 3.61. The highest BCUT2D eigenvalue weighted by Gasteiger charge is 2.24. The Kier molecular flexibility index (Phi) is 3.73. The highest BCUT2D eigenvalue weighted by molar-refractivity contribution is 7.67. The number of hydrogen-bond donors (Lipinski definition) is 1. The summed E-state index contributed by atoms with van der Waals surface area (Å²) in [5.74, 6) is -1.18. The number of rotatable bonds is 4. The first-order valence-corrected chi connectivity index (χ1v) is 7.23. The van der Waals surface area contributed by atoms with Crippen LogP contribution < -0.4 is 9.75 Å². The SMILES string of the molecule is O=C(O)C(Cc1ccccc1)n1c(=O)ssc1=O. The summed E-state index contributed by atoms with van der Waals surface area (Å²) in [7, 11) is 1.52. The Morgan fingerprint density at radius 3 is 2.22 bits per heavy atom. The predicted molar refractivity (Wildman–Crippen MR) is 69.5 cm³/mol. The Morgan fingerprint density at radius 1 is 1.17 bits per heavy atom. The van der Waals surface area contributed by atoms with E-state index in [2.05, 4.69) is 0 Å². The molecule has 0 spiro atoms. The molecular weight excluding hydrogens is 274 g/mol. The van der Waals surface area contributed by atoms with Gasteiger partial charge in [0.1, 0.15) is 6.04 Å². The third kappa shape index (κ3) is 2.57. The fraction of sp³-hybridized carbons (Fsp3) is 0.182. The number of hydrogen-bond acceptors (Lipinski definition) is 5. The molecule has 2 rings (SSSR count). The lowest BCUT2D eigenvalue weighted by Crippen LogP contribution is -2.34. The van der Waals surface area contributed by atoms with Gasteiger partial charge in [-0.1, -0.05) is 30.3 Å². The molecule has 0 saturated heterocycles. The van der Waals surface area contributed by atoms with Crippen LogP contribution in [0, 0.1) is 0 Å². The number of carbonyl (C=O) groups is 1. The van der Waals surface area contributed by atoms with E-state index >= 15 is 0 Å². The average molecular weight is 283 g/mol. The van der Waals surface area contributed by atoms with Crippen LogP contribution in [-0.4, -0.2) is 15.6 Å². The van der Waals surface area contributed by atoms with Crippen LogP contribution in [0.5, 0.6) is 0 Å². The molecule has 0 fully saturated rings. The molecule has 0 radical (unpaired) electrons. The van der Waals surface area contributed by atoms with E-state index in [0.717, 1.165) is 30.8 Å². The second kappa shape index (κ2) is 5.28. The van der Waals surface area contributed by atoms with Gasteiger partial charge in [0.05, 0.1) is 0 Å². The Labute approximate surface area is 109 Å². The van der Waals surface area contributed by atoms with Gasteiger partial charge >= 0.3 is 15.7 Å². The first-order valence-electron chi connectivity index (χ1n) is 5.08. The van der Waals surface area contributed by atoms with E-state index in [9.17, 15) is 14.4 Å². The Bertz CT molecular complexity index is 628. The quantitative estimate of drug-likeness (QED) is 0.855. The summed E-state index contributed by atoms with van der Waals surface area (Å²) in [6.45, 7) is 0. The van der Waals surface area contributed by atoms with Gasteiger partial charge in [-0.05, 0) is 26.2 Å². The van der Waals surface area contributed by atoms with Crippen molar-refractivity contribution in [3.8, 4) is 0 Å². The van der Waals surface area contributed by atoms with Gasteiger partial charge in [-0.3, -0.25) is 9.59 Å². The van der Waals surface area contributed by atoms with E-state index < -0.39 is 21.8 Å². The molecule has 0 aliphatic rings. The zero-order valence-electron chi connectivity index (χ0n) is 9.11. The zero-order chi connectivity index (χ0) is 13.1. The van der Waals surface area contributed by atoms with E-state index in [1.165, 1.54) is 0 Å². The molecule has 0 aliphatic carbocycles. The van der Waals surface area contributed by atoms with Crippen LogP contribution in [0.3, 0.4) is 0 Å². The average Bonchev–Trinajstić information content (AvgIpc) is 2.67. The Hall–Kier alpha value is -1.73. The van der Waals surface area contributed by atoms with Gasteiger partial charge in [-0.25, -0.2) is 9.36 Å². The minimum absolute atomic E-state index is 0.120. The van der Waals surface area contributed by atoms with Crippen molar-refractivity contribution in [1.82, 2.24) is 4.57 Å². The molecule has 1 N–H and O–H groups in total. The summed E-state index contributed by atoms with van der Waals surface area (Å²) in [4.78, 5) is 33.2. The third-order valence-electron chi connectivity index (χ3n) is 2.45. The van der Waals surface area contributed by atoms with Gasteiger partial charge in [-0.15, -0.1) is 0 Å². The fourth-order valence-corrected chi connectivity index (χ4v) is 3.30. The first-order chi connectivity index (χ1) is 8.59. The summed E-state index contributed by atoms with van der Waals surface area (Å²) in [5.41, 5.74) is 0.771. The molecule has 5 nitrogen and oxygen atoms in total. The van der Waals surface area contributed by atoms with E-state index in [1.807, 2.05) is 6.07 Å². The summed E-state index contributed by atoms with van der Waals surface area (Å²) in [5, 5.41) is 9.17. The molecule has 0 amide bonds. The van der Waals surface area contributed by atoms with Crippen LogP contribution in [0.2, 0.25) is 0 Å². The monoisotopic (exact) mass is 283 g/mol. The van der Waals surface area contributed by atoms with Crippen molar-refractivity contribution in [3.63, 3.8) is 0 Å². The zero-order valence-corrected chi connectivity index (χ0v) is 10.7. The molecule has 7 heteroatoms. The van der Waals surface area contributed by atoms with Crippen LogP contribution in [0.1, 0.15) is 11.6 Å². The van der Waals surface area contributed by atoms with Crippen molar-refractivity contribution < 1.29 is 9.90 Å². The number of aliphatic carboxylic acids is 1. The Morgan fingerprint density at radius 2 is 1.72 bits per heavy atom. The minimum Gasteiger partial charge on any atom is -0.480 e. The topological polar surface area (TPSA) is 76.4 Å². The van der Waals surface area contributed by atoms with Crippen molar-refractivity contribution >= 4 is 26.7 Å². The smallest absolute Gasteiger partial charge is 0.327 e. The number of nitrogens with zero attached hydrogens (tertiary/aromatic N) is 1. The maximum absolute atomic E-state index is 11.5. The maximum atomic E-state index is 11.5. The summed E-state index contributed by atoms with van der Waals surface area (Å²) in [6, 6.07) is 7.77. The summed E-state index contributed by atoms with van der Waals surface area (Å²) in [6.07, 6.45) is 0.120. The molecule has 1 heterocycles. The van der Waals surface area contributed by atoms with Gasteiger partial charge in [0.25, 0.3) is 0 Å². The van der Waals surface area contributed by atoms with Crippen molar-refractivity contribution in [2.24, 2.45) is 0 Å². The van der Waals surface area contributed by atoms with E-state index in [-0.39, 0.29) is 6.42 Å². The molecule has 18 heavy (non-hydrogen) atoms. The van der Waals surface area contributed by atoms with Gasteiger partial charge in [0.15, 0.2) is 0 Å². The van der Waals surface area contributed by atoms with Gasteiger partial charge in [-0.2, -0.15) is 0 Å². The van der Waals surface area contributed by atoms with Gasteiger partial charge < -0.3 is 5.11 Å². The highest BCUT2D eigenvalue weighted by atomic mass is 32.9. The maximum Gasteiger partial charge on any atom is 0.327 e. The number of carboxylic acids is 1. The lowest BCUT2D eigenvalue weighted by Gasteiger charge is -2.11. The minimum atomic E-state index is -1.18. The molecule has 1 aromatic carbocycles. The second-order valence-corrected chi connectivity index (χ2v) is 5.64. The standard InChI is InChI=1S/C11H9NO4S2/c13-9(14)8(6-7-4-2-1-3-5-7)12-10(15)17-18-11(12)16/h1-5,8H,6H2,(H,13,14). The van der Waals surface area contributed by atoms with Gasteiger partial charge in [0.2, 0.25) is 0 Å². The molecule has 1 atom stereocenters. The van der Waals surface area contributed by atoms with Crippen molar-refractivity contribution in [2.45, 2.75) is 12.5 Å². The molecule has 0 aliphatic heterocycles. The van der Waals surface area contributed by atoms with Crippen LogP contribution in [0.15, 0.2) is 39.9 Å². The first kappa shape index (κ1) is 12.7. The summed E-state index contributed by atoms with van der Waals surface area (Å²) >= 11 is 0. The summed E-state index contributed by atoms with van der Waals surface area (Å²) < 4.78 is 0.810. The molecule has 0 bridgehead atoms. The van der Waals surface area contributed by atoms with E-state index in [4.69, 9.17) is 5.11 Å². The van der Waals surface area contributed by atoms with Crippen molar-refractivity contribution in [1.29, 1.82) is 0 Å². The van der Waals surface area contributed by atoms with Crippen LogP contribution in [0.25, 0.3) is 0 Å². The van der Waals surface area contributed by atoms with E-state index in [1.54, 1.807) is 24.3 Å². The third-order valence-corrected chi connectivity index (χ3v) is 4.31. The number of carboxylic acid groups (broad SMARTS) is 1. The van der Waals surface area contributed by atoms with Crippen molar-refractivity contribution in [3.05, 3.63) is 55.2 Å². The Balaban J connectivity index is 2.39. The fourth-order valence-electron chi connectivity index (χ4n) is 1.61. The normalized spacial score (nSPS) is 12.2. The van der Waals surface area contributed by atoms with E-state index in [0.29, 0.717) is 0 Å². The van der Waals surface area contributed by atoms with Gasteiger partial charge in [0, 0.05) is 6.42 Å². The molecule has 0 saturated carbocycles. The van der Waals surface area contributed by atoms with Crippen molar-refractivity contribution in [2.75, 3.05) is 0 Å². The molecule has 2 aromatic rings. The predicted octanol–water partition coefficient (Wildman–Crippen LogP) is 1.20. The highest BCUT2D eigenvalue weighted by Crippen LogP contribution is 2.13. The number of aromatic nitrogens is 1. The van der Waals surface area contributed by atoms with Crippen LogP contribution in [-0.2, 0) is 11.2 Å². The van der Waals surface area contributed by atoms with Crippen LogP contribution >= 0.6 is 20.7 Å². The lowest BCUT2D eigenvalue weighted by atomic mass is 10.1. The largest absolute Gasteiger partial charge is 0.480 e. The van der Waals surface area contributed by atoms with Crippen LogP contribution in [0.4, 0.5) is 0 Å². The lowest BCUT2D eigenvalue weighted by molar-refractivity contribution is -0.141. The number of benzene rings is 1. The molecule has 94 valence electrons. The molecular formula is C11H9NO4S2. The molecule has 1 aromatic heterocycles.